The molecule has 0 aliphatic carbocycles. The molecular weight excluding hydrogens is 444 g/mol. The van der Waals surface area contributed by atoms with Crippen molar-refractivity contribution in [2.45, 2.75) is 0 Å². The number of nitrogens with zero attached hydrogens (tertiary/aromatic N) is 4. The Morgan fingerprint density at radius 1 is 1.04 bits per heavy atom. The summed E-state index contributed by atoms with van der Waals surface area (Å²) in [5.74, 6) is -1.35. The van der Waals surface area contributed by atoms with Gasteiger partial charge in [0.2, 0.25) is 11.0 Å². The maximum atomic E-state index is 12.6. The lowest BCUT2D eigenvalue weighted by Crippen LogP contribution is -2.41. The molecule has 9 heteroatoms. The van der Waals surface area contributed by atoms with E-state index in [0.717, 1.165) is 14.9 Å². The van der Waals surface area contributed by atoms with E-state index in [1.807, 2.05) is 24.3 Å². The molecule has 2 aromatic carbocycles. The number of rotatable bonds is 4. The zero-order valence-corrected chi connectivity index (χ0v) is 17.0. The second-order valence-electron chi connectivity index (χ2n) is 6.09. The normalized spacial score (nSPS) is 13.0. The number of halogens is 1. The minimum atomic E-state index is -0.463. The molecule has 1 aliphatic rings. The van der Waals surface area contributed by atoms with Crippen LogP contribution in [0.2, 0.25) is 0 Å². The number of likely N-dealkylation sites (N-methyl/N-ethyl adjacent to an activating group) is 1. The first-order valence-electron chi connectivity index (χ1n) is 8.27. The van der Waals surface area contributed by atoms with E-state index in [0.29, 0.717) is 21.3 Å². The topological polar surface area (TPSA) is 83.5 Å². The summed E-state index contributed by atoms with van der Waals surface area (Å²) in [4.78, 5) is 39.8. The quantitative estimate of drug-likeness (QED) is 0.562. The van der Waals surface area contributed by atoms with E-state index in [1.165, 1.54) is 16.2 Å². The van der Waals surface area contributed by atoms with Gasteiger partial charge in [0.05, 0.1) is 11.1 Å². The number of hydrogen-bond donors (Lipinski definition) is 0. The number of imide groups is 1. The fourth-order valence-corrected chi connectivity index (χ4v) is 3.88. The molecular formula is C19H13BrN4O3S. The number of carbonyl (C=O) groups excluding carboxylic acids is 3. The highest BCUT2D eigenvalue weighted by Crippen LogP contribution is 2.29. The van der Waals surface area contributed by atoms with Crippen molar-refractivity contribution < 1.29 is 14.4 Å². The van der Waals surface area contributed by atoms with Gasteiger partial charge in [0.25, 0.3) is 11.8 Å². The molecule has 0 atom stereocenters. The smallest absolute Gasteiger partial charge is 0.262 e. The van der Waals surface area contributed by atoms with E-state index in [2.05, 4.69) is 26.1 Å². The average Bonchev–Trinajstić information content (AvgIpc) is 3.28. The molecule has 3 amide bonds. The molecule has 0 unspecified atom stereocenters. The van der Waals surface area contributed by atoms with Gasteiger partial charge in [-0.3, -0.25) is 24.2 Å². The zero-order chi connectivity index (χ0) is 19.8. The number of amides is 3. The van der Waals surface area contributed by atoms with Gasteiger partial charge in [0.1, 0.15) is 11.6 Å². The van der Waals surface area contributed by atoms with Crippen LogP contribution in [0.4, 0.5) is 5.13 Å². The van der Waals surface area contributed by atoms with E-state index < -0.39 is 17.7 Å². The van der Waals surface area contributed by atoms with E-state index in [-0.39, 0.29) is 6.54 Å². The molecule has 1 aromatic heterocycles. The van der Waals surface area contributed by atoms with Gasteiger partial charge < -0.3 is 0 Å². The van der Waals surface area contributed by atoms with E-state index in [9.17, 15) is 14.4 Å². The number of fused-ring (bicyclic) bond motifs is 1. The summed E-state index contributed by atoms with van der Waals surface area (Å²) in [7, 11) is 1.55. The second-order valence-corrected chi connectivity index (χ2v) is 7.96. The molecule has 7 nitrogen and oxygen atoms in total. The number of hydrogen-bond acceptors (Lipinski definition) is 6. The molecule has 2 heterocycles. The van der Waals surface area contributed by atoms with Gasteiger partial charge in [0.15, 0.2) is 0 Å². The highest BCUT2D eigenvalue weighted by molar-refractivity contribution is 9.10. The van der Waals surface area contributed by atoms with Crippen molar-refractivity contribution in [3.63, 3.8) is 0 Å². The van der Waals surface area contributed by atoms with Gasteiger partial charge in [-0.25, -0.2) is 0 Å². The van der Waals surface area contributed by atoms with Crippen LogP contribution in [-0.4, -0.2) is 46.4 Å². The summed E-state index contributed by atoms with van der Waals surface area (Å²) in [6, 6.07) is 14.1. The number of anilines is 1. The largest absolute Gasteiger partial charge is 0.288 e. The first kappa shape index (κ1) is 18.5. The predicted molar refractivity (Wildman–Crippen MR) is 108 cm³/mol. The summed E-state index contributed by atoms with van der Waals surface area (Å²) < 4.78 is 0.953. The van der Waals surface area contributed by atoms with Crippen molar-refractivity contribution in [1.82, 2.24) is 15.1 Å². The number of benzene rings is 2. The van der Waals surface area contributed by atoms with Crippen LogP contribution in [0.5, 0.6) is 0 Å². The third-order valence-electron chi connectivity index (χ3n) is 4.34. The summed E-state index contributed by atoms with van der Waals surface area (Å²) in [6.07, 6.45) is 0. The minimum Gasteiger partial charge on any atom is -0.288 e. The third kappa shape index (κ3) is 3.23. The third-order valence-corrected chi connectivity index (χ3v) is 5.92. The standard InChI is InChI=1S/C19H13BrN4O3S/c1-23(19-22-21-16(28-19)11-6-8-12(20)9-7-11)15(25)10-24-17(26)13-4-2-3-5-14(13)18(24)27/h2-9H,10H2,1H3. The van der Waals surface area contributed by atoms with Crippen molar-refractivity contribution in [1.29, 1.82) is 0 Å². The van der Waals surface area contributed by atoms with E-state index >= 15 is 0 Å². The molecule has 4 rings (SSSR count). The van der Waals surface area contributed by atoms with Crippen LogP contribution in [0.3, 0.4) is 0 Å². The fourth-order valence-electron chi connectivity index (χ4n) is 2.79. The molecule has 0 saturated carbocycles. The van der Waals surface area contributed by atoms with Crippen molar-refractivity contribution in [3.8, 4) is 10.6 Å². The Bertz CT molecular complexity index is 1060. The lowest BCUT2D eigenvalue weighted by atomic mass is 10.1. The van der Waals surface area contributed by atoms with Crippen molar-refractivity contribution >= 4 is 50.1 Å². The predicted octanol–water partition coefficient (Wildman–Crippen LogP) is 3.23. The Morgan fingerprint density at radius 3 is 2.25 bits per heavy atom. The van der Waals surface area contributed by atoms with Crippen LogP contribution in [-0.2, 0) is 4.79 Å². The molecule has 28 heavy (non-hydrogen) atoms. The van der Waals surface area contributed by atoms with Gasteiger partial charge in [-0.1, -0.05) is 51.5 Å². The Hall–Kier alpha value is -2.91. The lowest BCUT2D eigenvalue weighted by Gasteiger charge is -2.18. The minimum absolute atomic E-state index is 0.316. The van der Waals surface area contributed by atoms with Crippen molar-refractivity contribution in [2.24, 2.45) is 0 Å². The summed E-state index contributed by atoms with van der Waals surface area (Å²) >= 11 is 4.64. The van der Waals surface area contributed by atoms with Crippen molar-refractivity contribution in [2.75, 3.05) is 18.5 Å². The molecule has 0 bridgehead atoms. The molecule has 0 N–H and O–H groups in total. The van der Waals surface area contributed by atoms with Gasteiger partial charge >= 0.3 is 0 Å². The van der Waals surface area contributed by atoms with E-state index in [1.54, 1.807) is 31.3 Å². The molecule has 140 valence electrons. The highest BCUT2D eigenvalue weighted by Gasteiger charge is 2.37. The molecule has 0 spiro atoms. The van der Waals surface area contributed by atoms with Crippen LogP contribution < -0.4 is 4.90 Å². The first-order valence-corrected chi connectivity index (χ1v) is 9.88. The molecule has 0 saturated heterocycles. The Labute approximate surface area is 172 Å². The SMILES string of the molecule is CN(C(=O)CN1C(=O)c2ccccc2C1=O)c1nnc(-c2ccc(Br)cc2)s1. The van der Waals surface area contributed by atoms with Gasteiger partial charge in [-0.2, -0.15) is 0 Å². The monoisotopic (exact) mass is 456 g/mol. The Balaban J connectivity index is 1.50. The first-order chi connectivity index (χ1) is 13.5. The van der Waals surface area contributed by atoms with Crippen molar-refractivity contribution in [3.05, 3.63) is 64.1 Å². The van der Waals surface area contributed by atoms with Crippen LogP contribution in [0, 0.1) is 0 Å². The molecule has 0 fully saturated rings. The van der Waals surface area contributed by atoms with Crippen LogP contribution in [0.15, 0.2) is 53.0 Å². The summed E-state index contributed by atoms with van der Waals surface area (Å²) in [5.41, 5.74) is 1.51. The molecule has 3 aromatic rings. The van der Waals surface area contributed by atoms with Crippen LogP contribution >= 0.6 is 27.3 Å². The maximum Gasteiger partial charge on any atom is 0.262 e. The zero-order valence-electron chi connectivity index (χ0n) is 14.6. The Kier molecular flexibility index (Phi) is 4.78. The second kappa shape index (κ2) is 7.25. The van der Waals surface area contributed by atoms with Crippen LogP contribution in [0.25, 0.3) is 10.6 Å². The maximum absolute atomic E-state index is 12.6. The summed E-state index contributed by atoms with van der Waals surface area (Å²) in [6.45, 7) is -0.351. The average molecular weight is 457 g/mol. The number of carbonyl (C=O) groups is 3. The fraction of sp³-hybridized carbons (Fsp3) is 0.105. The van der Waals surface area contributed by atoms with E-state index in [4.69, 9.17) is 0 Å². The van der Waals surface area contributed by atoms with Gasteiger partial charge in [-0.05, 0) is 24.3 Å². The van der Waals surface area contributed by atoms with Gasteiger partial charge in [0, 0.05) is 17.1 Å². The molecule has 1 aliphatic heterocycles. The number of aromatic nitrogens is 2. The lowest BCUT2D eigenvalue weighted by molar-refractivity contribution is -0.118. The highest BCUT2D eigenvalue weighted by atomic mass is 79.9. The van der Waals surface area contributed by atoms with Gasteiger partial charge in [-0.15, -0.1) is 10.2 Å². The Morgan fingerprint density at radius 2 is 1.64 bits per heavy atom. The van der Waals surface area contributed by atoms with Crippen LogP contribution in [0.1, 0.15) is 20.7 Å². The molecule has 0 radical (unpaired) electrons. The summed E-state index contributed by atoms with van der Waals surface area (Å²) in [5, 5.41) is 9.24.